The molecule has 0 aliphatic rings. The van der Waals surface area contributed by atoms with Gasteiger partial charge in [0.05, 0.1) is 6.61 Å². The van der Waals surface area contributed by atoms with Gasteiger partial charge in [-0.1, -0.05) is 6.07 Å². The zero-order chi connectivity index (χ0) is 10.6. The summed E-state index contributed by atoms with van der Waals surface area (Å²) >= 11 is 0. The predicted octanol–water partition coefficient (Wildman–Crippen LogP) is 0.423. The van der Waals surface area contributed by atoms with Crippen molar-refractivity contribution in [2.45, 2.75) is 6.92 Å². The highest BCUT2D eigenvalue weighted by Crippen LogP contribution is 2.15. The van der Waals surface area contributed by atoms with Gasteiger partial charge < -0.3 is 15.5 Å². The van der Waals surface area contributed by atoms with Gasteiger partial charge in [0.1, 0.15) is 5.75 Å². The van der Waals surface area contributed by atoms with Crippen molar-refractivity contribution in [1.82, 2.24) is 5.32 Å². The number of carbonyl (C=O) groups excluding carboxylic acids is 1. The van der Waals surface area contributed by atoms with Crippen LogP contribution < -0.4 is 5.32 Å². The zero-order valence-corrected chi connectivity index (χ0v) is 7.95. The molecule has 3 N–H and O–H groups in total. The molecule has 0 saturated heterocycles. The van der Waals surface area contributed by atoms with Gasteiger partial charge >= 0.3 is 0 Å². The number of rotatable bonds is 3. The van der Waals surface area contributed by atoms with Crippen LogP contribution in [0, 0.1) is 6.92 Å². The lowest BCUT2D eigenvalue weighted by molar-refractivity contribution is 0.0944. The predicted molar refractivity (Wildman–Crippen MR) is 52.3 cm³/mol. The molecule has 14 heavy (non-hydrogen) atoms. The van der Waals surface area contributed by atoms with Gasteiger partial charge in [0.25, 0.3) is 5.91 Å². The van der Waals surface area contributed by atoms with Gasteiger partial charge in [-0.25, -0.2) is 0 Å². The number of hydrogen-bond donors (Lipinski definition) is 3. The number of aromatic hydroxyl groups is 1. The Morgan fingerprint density at radius 1 is 1.50 bits per heavy atom. The van der Waals surface area contributed by atoms with E-state index in [9.17, 15) is 9.90 Å². The second-order valence-corrected chi connectivity index (χ2v) is 2.98. The highest BCUT2D eigenvalue weighted by atomic mass is 16.3. The smallest absolute Gasteiger partial charge is 0.251 e. The SMILES string of the molecule is Cc1ccc(O)cc1C(=O)NCCO. The second-order valence-electron chi connectivity index (χ2n) is 2.98. The normalized spacial score (nSPS) is 9.86. The molecule has 0 unspecified atom stereocenters. The second kappa shape index (κ2) is 4.62. The summed E-state index contributed by atoms with van der Waals surface area (Å²) in [4.78, 5) is 11.4. The van der Waals surface area contributed by atoms with Crippen molar-refractivity contribution in [1.29, 1.82) is 0 Å². The molecule has 0 aliphatic carbocycles. The van der Waals surface area contributed by atoms with Gasteiger partial charge in [-0.15, -0.1) is 0 Å². The molecule has 0 atom stereocenters. The summed E-state index contributed by atoms with van der Waals surface area (Å²) in [6.45, 7) is 1.91. The quantitative estimate of drug-likeness (QED) is 0.654. The number of carbonyl (C=O) groups is 1. The minimum Gasteiger partial charge on any atom is -0.508 e. The van der Waals surface area contributed by atoms with Gasteiger partial charge in [-0.2, -0.15) is 0 Å². The Hall–Kier alpha value is -1.55. The van der Waals surface area contributed by atoms with E-state index in [0.29, 0.717) is 5.56 Å². The van der Waals surface area contributed by atoms with Gasteiger partial charge in [0.15, 0.2) is 0 Å². The van der Waals surface area contributed by atoms with E-state index in [1.807, 2.05) is 0 Å². The largest absolute Gasteiger partial charge is 0.508 e. The maximum atomic E-state index is 11.4. The Morgan fingerprint density at radius 2 is 2.21 bits per heavy atom. The molecule has 0 aromatic heterocycles. The molecule has 0 spiro atoms. The molecule has 4 heteroatoms. The molecule has 1 aromatic carbocycles. The van der Waals surface area contributed by atoms with Crippen molar-refractivity contribution in [3.05, 3.63) is 29.3 Å². The molecule has 0 heterocycles. The summed E-state index contributed by atoms with van der Waals surface area (Å²) in [6, 6.07) is 4.60. The lowest BCUT2D eigenvalue weighted by Crippen LogP contribution is -2.26. The maximum absolute atomic E-state index is 11.4. The fourth-order valence-electron chi connectivity index (χ4n) is 1.12. The number of benzene rings is 1. The minimum atomic E-state index is -0.285. The van der Waals surface area contributed by atoms with E-state index in [4.69, 9.17) is 5.11 Å². The van der Waals surface area contributed by atoms with E-state index < -0.39 is 0 Å². The van der Waals surface area contributed by atoms with Crippen LogP contribution in [0.4, 0.5) is 0 Å². The first kappa shape index (κ1) is 10.5. The van der Waals surface area contributed by atoms with Gasteiger partial charge in [0, 0.05) is 12.1 Å². The van der Waals surface area contributed by atoms with Crippen LogP contribution in [0.15, 0.2) is 18.2 Å². The molecule has 4 nitrogen and oxygen atoms in total. The Labute approximate surface area is 82.2 Å². The summed E-state index contributed by atoms with van der Waals surface area (Å²) in [7, 11) is 0. The molecule has 76 valence electrons. The molecule has 0 saturated carbocycles. The van der Waals surface area contributed by atoms with Crippen molar-refractivity contribution in [3.63, 3.8) is 0 Å². The molecule has 1 aromatic rings. The first-order valence-corrected chi connectivity index (χ1v) is 4.34. The fraction of sp³-hybridized carbons (Fsp3) is 0.300. The van der Waals surface area contributed by atoms with Gasteiger partial charge in [0.2, 0.25) is 0 Å². The zero-order valence-electron chi connectivity index (χ0n) is 7.95. The third-order valence-electron chi connectivity index (χ3n) is 1.86. The van der Waals surface area contributed by atoms with Gasteiger partial charge in [-0.3, -0.25) is 4.79 Å². The summed E-state index contributed by atoms with van der Waals surface area (Å²) in [5, 5.41) is 20.2. The number of aliphatic hydroxyl groups is 1. The van der Waals surface area contributed by atoms with Crippen LogP contribution in [0.2, 0.25) is 0 Å². The van der Waals surface area contributed by atoms with Crippen molar-refractivity contribution in [2.24, 2.45) is 0 Å². The third-order valence-corrected chi connectivity index (χ3v) is 1.86. The van der Waals surface area contributed by atoms with E-state index in [-0.39, 0.29) is 24.8 Å². The standard InChI is InChI=1S/C10H13NO3/c1-7-2-3-8(13)6-9(7)10(14)11-4-5-12/h2-3,6,12-13H,4-5H2,1H3,(H,11,14). The van der Waals surface area contributed by atoms with Crippen LogP contribution >= 0.6 is 0 Å². The van der Waals surface area contributed by atoms with Crippen LogP contribution in [-0.4, -0.2) is 29.3 Å². The molecule has 0 aliphatic heterocycles. The van der Waals surface area contributed by atoms with E-state index in [2.05, 4.69) is 5.32 Å². The third kappa shape index (κ3) is 2.47. The molecular formula is C10H13NO3. The number of nitrogens with one attached hydrogen (secondary N) is 1. The Balaban J connectivity index is 2.83. The lowest BCUT2D eigenvalue weighted by Gasteiger charge is -2.06. The topological polar surface area (TPSA) is 69.6 Å². The van der Waals surface area contributed by atoms with Crippen LogP contribution in [0.5, 0.6) is 5.75 Å². The number of phenols is 1. The molecule has 1 rings (SSSR count). The maximum Gasteiger partial charge on any atom is 0.251 e. The Morgan fingerprint density at radius 3 is 2.86 bits per heavy atom. The molecular weight excluding hydrogens is 182 g/mol. The number of phenolic OH excluding ortho intramolecular Hbond substituents is 1. The van der Waals surface area contributed by atoms with Crippen molar-refractivity contribution in [3.8, 4) is 5.75 Å². The lowest BCUT2D eigenvalue weighted by atomic mass is 10.1. The monoisotopic (exact) mass is 195 g/mol. The average molecular weight is 195 g/mol. The average Bonchev–Trinajstić information content (AvgIpc) is 2.18. The number of amides is 1. The Bertz CT molecular complexity index is 336. The highest BCUT2D eigenvalue weighted by Gasteiger charge is 2.08. The summed E-state index contributed by atoms with van der Waals surface area (Å²) < 4.78 is 0. The van der Waals surface area contributed by atoms with Crippen molar-refractivity contribution in [2.75, 3.05) is 13.2 Å². The Kier molecular flexibility index (Phi) is 3.48. The van der Waals surface area contributed by atoms with Gasteiger partial charge in [-0.05, 0) is 24.6 Å². The number of hydrogen-bond acceptors (Lipinski definition) is 3. The molecule has 0 fully saturated rings. The van der Waals surface area contributed by atoms with Crippen molar-refractivity contribution < 1.29 is 15.0 Å². The van der Waals surface area contributed by atoms with Crippen LogP contribution in [0.1, 0.15) is 15.9 Å². The molecule has 1 amide bonds. The van der Waals surface area contributed by atoms with E-state index in [0.717, 1.165) is 5.56 Å². The van der Waals surface area contributed by atoms with Crippen molar-refractivity contribution >= 4 is 5.91 Å². The van der Waals surface area contributed by atoms with E-state index in [1.165, 1.54) is 12.1 Å². The van der Waals surface area contributed by atoms with E-state index >= 15 is 0 Å². The number of aliphatic hydroxyl groups excluding tert-OH is 1. The van der Waals surface area contributed by atoms with E-state index in [1.54, 1.807) is 13.0 Å². The summed E-state index contributed by atoms with van der Waals surface area (Å²) in [6.07, 6.45) is 0. The molecule has 0 radical (unpaired) electrons. The van der Waals surface area contributed by atoms with Crippen LogP contribution in [0.3, 0.4) is 0 Å². The number of aryl methyl sites for hydroxylation is 1. The first-order chi connectivity index (χ1) is 6.65. The van der Waals surface area contributed by atoms with Crippen LogP contribution in [0.25, 0.3) is 0 Å². The first-order valence-electron chi connectivity index (χ1n) is 4.34. The fourth-order valence-corrected chi connectivity index (χ4v) is 1.12. The minimum absolute atomic E-state index is 0.0600. The highest BCUT2D eigenvalue weighted by molar-refractivity contribution is 5.95. The summed E-state index contributed by atoms with van der Waals surface area (Å²) in [5.41, 5.74) is 1.22. The molecule has 0 bridgehead atoms. The van der Waals surface area contributed by atoms with Crippen LogP contribution in [-0.2, 0) is 0 Å². The summed E-state index contributed by atoms with van der Waals surface area (Å²) in [5.74, 6) is -0.225.